The van der Waals surface area contributed by atoms with Crippen molar-refractivity contribution < 1.29 is 19.1 Å². The molecular weight excluding hydrogens is 466 g/mol. The molecule has 1 unspecified atom stereocenters. The lowest BCUT2D eigenvalue weighted by molar-refractivity contribution is -0.140. The highest BCUT2D eigenvalue weighted by Gasteiger charge is 2.37. The fourth-order valence-corrected chi connectivity index (χ4v) is 4.70. The Balaban J connectivity index is 1.59. The Bertz CT molecular complexity index is 1330. The number of aryl methyl sites for hydroxylation is 1. The van der Waals surface area contributed by atoms with Crippen LogP contribution in [0.3, 0.4) is 0 Å². The van der Waals surface area contributed by atoms with Gasteiger partial charge in [-0.05, 0) is 61.2 Å². The van der Waals surface area contributed by atoms with E-state index < -0.39 is 5.97 Å². The van der Waals surface area contributed by atoms with E-state index in [1.54, 1.807) is 49.3 Å². The Kier molecular flexibility index (Phi) is 8.13. The Labute approximate surface area is 217 Å². The monoisotopic (exact) mass is 497 g/mol. The summed E-state index contributed by atoms with van der Waals surface area (Å²) in [6.45, 7) is 6.41. The summed E-state index contributed by atoms with van der Waals surface area (Å²) < 4.78 is 5.40. The van der Waals surface area contributed by atoms with Crippen LogP contribution in [0.1, 0.15) is 58.8 Å². The lowest BCUT2D eigenvalue weighted by atomic mass is 9.81. The van der Waals surface area contributed by atoms with E-state index in [4.69, 9.17) is 4.74 Å². The van der Waals surface area contributed by atoms with Crippen LogP contribution in [0.4, 0.5) is 0 Å². The number of benzene rings is 2. The van der Waals surface area contributed by atoms with Crippen LogP contribution in [-0.2, 0) is 27.4 Å². The molecule has 7 nitrogen and oxygen atoms in total. The number of nitrogens with one attached hydrogen (secondary N) is 1. The smallest absolute Gasteiger partial charge is 0.336 e. The third-order valence-corrected chi connectivity index (χ3v) is 6.59. The van der Waals surface area contributed by atoms with Gasteiger partial charge in [0.25, 0.3) is 5.91 Å². The van der Waals surface area contributed by atoms with Gasteiger partial charge in [0.2, 0.25) is 5.91 Å². The van der Waals surface area contributed by atoms with Gasteiger partial charge < -0.3 is 15.0 Å². The first-order valence-electron chi connectivity index (χ1n) is 12.4. The van der Waals surface area contributed by atoms with Crippen molar-refractivity contribution in [2.45, 2.75) is 46.2 Å². The van der Waals surface area contributed by atoms with Gasteiger partial charge in [0, 0.05) is 42.5 Å². The number of nitrogens with zero attached hydrogens (tertiary/aromatic N) is 2. The lowest BCUT2D eigenvalue weighted by Gasteiger charge is -2.35. The van der Waals surface area contributed by atoms with E-state index in [1.807, 2.05) is 49.4 Å². The highest BCUT2D eigenvalue weighted by Crippen LogP contribution is 2.38. The zero-order valence-corrected chi connectivity index (χ0v) is 21.4. The zero-order chi connectivity index (χ0) is 26.4. The normalized spacial score (nSPS) is 15.5. The topological polar surface area (TPSA) is 88.6 Å². The highest BCUT2D eigenvalue weighted by molar-refractivity contribution is 5.96. The zero-order valence-electron chi connectivity index (χ0n) is 21.4. The van der Waals surface area contributed by atoms with E-state index in [0.717, 1.165) is 22.3 Å². The predicted molar refractivity (Wildman–Crippen MR) is 140 cm³/mol. The van der Waals surface area contributed by atoms with Crippen LogP contribution in [0.15, 0.2) is 84.3 Å². The molecule has 0 saturated carbocycles. The summed E-state index contributed by atoms with van der Waals surface area (Å²) in [5, 5.41) is 2.90. The lowest BCUT2D eigenvalue weighted by Crippen LogP contribution is -2.38. The van der Waals surface area contributed by atoms with E-state index in [1.165, 1.54) is 0 Å². The van der Waals surface area contributed by atoms with Gasteiger partial charge in [-0.2, -0.15) is 0 Å². The number of esters is 1. The standard InChI is InChI=1S/C30H31N3O4/c1-4-37-30(36)28-21(3)33(27(34)16-26(28)25-13-6-5-9-20(25)2)19-22-10-7-12-24(15-22)29(35)32-18-23-11-8-14-31-17-23/h5-15,17,26H,4,16,18-19H2,1-3H3,(H,32,35). The average Bonchev–Trinajstić information content (AvgIpc) is 2.90. The van der Waals surface area contributed by atoms with Crippen molar-refractivity contribution in [2.75, 3.05) is 6.61 Å². The molecule has 190 valence electrons. The first-order chi connectivity index (χ1) is 17.9. The maximum absolute atomic E-state index is 13.4. The molecule has 0 saturated heterocycles. The number of allylic oxidation sites excluding steroid dienone is 1. The van der Waals surface area contributed by atoms with Gasteiger partial charge in [0.15, 0.2) is 0 Å². The van der Waals surface area contributed by atoms with E-state index in [2.05, 4.69) is 10.3 Å². The van der Waals surface area contributed by atoms with Crippen LogP contribution in [-0.4, -0.2) is 34.3 Å². The molecule has 1 N–H and O–H groups in total. The minimum Gasteiger partial charge on any atom is -0.463 e. The van der Waals surface area contributed by atoms with Gasteiger partial charge in [-0.1, -0.05) is 42.5 Å². The van der Waals surface area contributed by atoms with Crippen LogP contribution in [0.25, 0.3) is 0 Å². The van der Waals surface area contributed by atoms with E-state index in [9.17, 15) is 14.4 Å². The molecule has 1 aliphatic heterocycles. The van der Waals surface area contributed by atoms with Crippen molar-refractivity contribution >= 4 is 17.8 Å². The van der Waals surface area contributed by atoms with Crippen LogP contribution < -0.4 is 5.32 Å². The van der Waals surface area contributed by atoms with E-state index in [0.29, 0.717) is 23.4 Å². The summed E-state index contributed by atoms with van der Waals surface area (Å²) in [6.07, 6.45) is 3.56. The van der Waals surface area contributed by atoms with Gasteiger partial charge in [-0.15, -0.1) is 0 Å². The summed E-state index contributed by atoms with van der Waals surface area (Å²) in [5.41, 5.74) is 5.24. The van der Waals surface area contributed by atoms with Crippen LogP contribution in [0, 0.1) is 6.92 Å². The minimum absolute atomic E-state index is 0.0785. The number of aromatic nitrogens is 1. The third kappa shape index (κ3) is 5.94. The summed E-state index contributed by atoms with van der Waals surface area (Å²) in [7, 11) is 0. The van der Waals surface area contributed by atoms with Crippen molar-refractivity contribution in [1.29, 1.82) is 0 Å². The maximum atomic E-state index is 13.4. The molecule has 37 heavy (non-hydrogen) atoms. The second-order valence-corrected chi connectivity index (χ2v) is 9.06. The van der Waals surface area contributed by atoms with E-state index in [-0.39, 0.29) is 37.3 Å². The quantitative estimate of drug-likeness (QED) is 0.457. The molecule has 2 aromatic carbocycles. The summed E-state index contributed by atoms with van der Waals surface area (Å²) >= 11 is 0. The fourth-order valence-electron chi connectivity index (χ4n) is 4.70. The van der Waals surface area contributed by atoms with Gasteiger partial charge in [0.05, 0.1) is 18.7 Å². The SMILES string of the molecule is CCOC(=O)C1=C(C)N(Cc2cccc(C(=O)NCc3cccnc3)c2)C(=O)CC1c1ccccc1C. The third-order valence-electron chi connectivity index (χ3n) is 6.59. The Hall–Kier alpha value is -4.26. The number of hydrogen-bond donors (Lipinski definition) is 1. The number of carbonyl (C=O) groups is 3. The largest absolute Gasteiger partial charge is 0.463 e. The Morgan fingerprint density at radius 1 is 1.05 bits per heavy atom. The summed E-state index contributed by atoms with van der Waals surface area (Å²) in [6, 6.07) is 18.7. The first kappa shape index (κ1) is 25.8. The van der Waals surface area contributed by atoms with Crippen LogP contribution in [0.5, 0.6) is 0 Å². The number of hydrogen-bond acceptors (Lipinski definition) is 5. The minimum atomic E-state index is -0.408. The summed E-state index contributed by atoms with van der Waals surface area (Å²) in [4.78, 5) is 44.9. The second-order valence-electron chi connectivity index (χ2n) is 9.06. The molecule has 0 aliphatic carbocycles. The molecule has 1 aliphatic rings. The Morgan fingerprint density at radius 3 is 2.57 bits per heavy atom. The van der Waals surface area contributed by atoms with Crippen LogP contribution >= 0.6 is 0 Å². The molecule has 4 rings (SSSR count). The molecule has 7 heteroatoms. The van der Waals surface area contributed by atoms with Crippen LogP contribution in [0.2, 0.25) is 0 Å². The predicted octanol–water partition coefficient (Wildman–Crippen LogP) is 4.67. The summed E-state index contributed by atoms with van der Waals surface area (Å²) in [5.74, 6) is -1.07. The first-order valence-corrected chi connectivity index (χ1v) is 12.4. The molecule has 0 radical (unpaired) electrons. The average molecular weight is 498 g/mol. The van der Waals surface area contributed by atoms with Crippen molar-refractivity contribution in [2.24, 2.45) is 0 Å². The molecule has 1 atom stereocenters. The molecule has 0 fully saturated rings. The van der Waals surface area contributed by atoms with E-state index >= 15 is 0 Å². The molecule has 0 spiro atoms. The van der Waals surface area contributed by atoms with Gasteiger partial charge in [-0.3, -0.25) is 14.6 Å². The molecule has 1 aromatic heterocycles. The number of amides is 2. The fraction of sp³-hybridized carbons (Fsp3) is 0.267. The number of carbonyl (C=O) groups excluding carboxylic acids is 3. The molecule has 3 aromatic rings. The highest BCUT2D eigenvalue weighted by atomic mass is 16.5. The van der Waals surface area contributed by atoms with Gasteiger partial charge >= 0.3 is 5.97 Å². The molecule has 0 bridgehead atoms. The van der Waals surface area contributed by atoms with Crippen molar-refractivity contribution in [3.8, 4) is 0 Å². The van der Waals surface area contributed by atoms with Gasteiger partial charge in [0.1, 0.15) is 0 Å². The number of pyridine rings is 1. The number of rotatable bonds is 8. The second kappa shape index (κ2) is 11.6. The number of ether oxygens (including phenoxy) is 1. The van der Waals surface area contributed by atoms with Gasteiger partial charge in [-0.25, -0.2) is 4.79 Å². The van der Waals surface area contributed by atoms with Crippen molar-refractivity contribution in [3.63, 3.8) is 0 Å². The molecular formula is C30H31N3O4. The molecule has 2 heterocycles. The maximum Gasteiger partial charge on any atom is 0.336 e. The van der Waals surface area contributed by atoms with Crippen molar-refractivity contribution in [3.05, 3.63) is 112 Å². The Morgan fingerprint density at radius 2 is 1.84 bits per heavy atom. The molecule has 2 amide bonds. The van der Waals surface area contributed by atoms with Crippen molar-refractivity contribution in [1.82, 2.24) is 15.2 Å².